The molecule has 3 rings (SSSR count). The van der Waals surface area contributed by atoms with E-state index >= 15 is 0 Å². The molecule has 1 fully saturated rings. The Bertz CT molecular complexity index is 459. The Morgan fingerprint density at radius 1 is 1.40 bits per heavy atom. The Morgan fingerprint density at radius 3 is 2.90 bits per heavy atom. The summed E-state index contributed by atoms with van der Waals surface area (Å²) in [6.45, 7) is 0.834. The Hall–Kier alpha value is -0.000000000000000167. The minimum atomic E-state index is 0.265. The maximum atomic E-state index is 12.8. The molecule has 1 aliphatic heterocycles. The molecule has 1 aromatic heterocycles. The van der Waals surface area contributed by atoms with E-state index < -0.39 is 0 Å². The molecule has 5 heteroatoms. The minimum absolute atomic E-state index is 0.265. The smallest absolute Gasteiger partial charge is 0.264 e. The van der Waals surface area contributed by atoms with Gasteiger partial charge in [-0.2, -0.15) is 11.8 Å². The lowest BCUT2D eigenvalue weighted by Gasteiger charge is -2.27. The van der Waals surface area contributed by atoms with Gasteiger partial charge in [0.2, 0.25) is 0 Å². The van der Waals surface area contributed by atoms with Crippen LogP contribution in [0.3, 0.4) is 0 Å². The number of thioether (sulfide) groups is 1. The van der Waals surface area contributed by atoms with Crippen molar-refractivity contribution < 1.29 is 4.79 Å². The number of thiophene rings is 1. The molecular formula is C15H20BrNOS2. The highest BCUT2D eigenvalue weighted by Crippen LogP contribution is 2.33. The number of aryl methyl sites for hydroxylation is 1. The normalized spacial score (nSPS) is 19.1. The molecule has 0 atom stereocenters. The zero-order chi connectivity index (χ0) is 13.9. The molecule has 0 aromatic carbocycles. The van der Waals surface area contributed by atoms with Crippen LogP contribution in [-0.2, 0) is 12.2 Å². The number of nitrogens with zero attached hydrogens (tertiary/aromatic N) is 1. The lowest BCUT2D eigenvalue weighted by atomic mass is 10.2. The van der Waals surface area contributed by atoms with Gasteiger partial charge in [-0.05, 0) is 36.6 Å². The minimum Gasteiger partial charge on any atom is -0.334 e. The Labute approximate surface area is 137 Å². The molecule has 0 radical (unpaired) electrons. The molecule has 110 valence electrons. The maximum absolute atomic E-state index is 12.8. The molecule has 0 N–H and O–H groups in total. The molecule has 1 aliphatic carbocycles. The number of hydrogen-bond acceptors (Lipinski definition) is 3. The van der Waals surface area contributed by atoms with E-state index in [1.807, 2.05) is 11.8 Å². The number of hydrogen-bond donors (Lipinski definition) is 0. The van der Waals surface area contributed by atoms with Gasteiger partial charge in [-0.25, -0.2) is 0 Å². The van der Waals surface area contributed by atoms with E-state index in [-0.39, 0.29) is 5.91 Å². The van der Waals surface area contributed by atoms with Crippen molar-refractivity contribution in [1.82, 2.24) is 4.90 Å². The highest BCUT2D eigenvalue weighted by molar-refractivity contribution is 9.09. The molecular weight excluding hydrogens is 354 g/mol. The van der Waals surface area contributed by atoms with Gasteiger partial charge in [-0.15, -0.1) is 11.3 Å². The van der Waals surface area contributed by atoms with Crippen LogP contribution < -0.4 is 0 Å². The van der Waals surface area contributed by atoms with E-state index in [9.17, 15) is 4.79 Å². The molecule has 1 saturated carbocycles. The first-order chi connectivity index (χ1) is 9.79. The Balaban J connectivity index is 1.79. The fraction of sp³-hybridized carbons (Fsp3) is 0.667. The van der Waals surface area contributed by atoms with Crippen LogP contribution in [0.2, 0.25) is 0 Å². The SMILES string of the molecule is O=C(c1cc2c(s1)CCSC2)N(CCBr)C1CCCC1. The van der Waals surface area contributed by atoms with E-state index in [4.69, 9.17) is 0 Å². The van der Waals surface area contributed by atoms with Gasteiger partial charge in [0.1, 0.15) is 0 Å². The number of alkyl halides is 1. The standard InChI is InChI=1S/C15H20BrNOS2/c16-6-7-17(12-3-1-2-4-12)15(18)14-9-11-10-19-8-5-13(11)20-14/h9,12H,1-8,10H2. The van der Waals surface area contributed by atoms with Crippen LogP contribution in [0.1, 0.15) is 45.8 Å². The van der Waals surface area contributed by atoms with Crippen LogP contribution in [0, 0.1) is 0 Å². The highest BCUT2D eigenvalue weighted by Gasteiger charge is 2.28. The summed E-state index contributed by atoms with van der Waals surface area (Å²) in [4.78, 5) is 17.4. The van der Waals surface area contributed by atoms with Crippen molar-refractivity contribution in [2.24, 2.45) is 0 Å². The van der Waals surface area contributed by atoms with Gasteiger partial charge in [-0.1, -0.05) is 28.8 Å². The summed E-state index contributed by atoms with van der Waals surface area (Å²) in [6.07, 6.45) is 6.04. The van der Waals surface area contributed by atoms with Crippen molar-refractivity contribution in [3.63, 3.8) is 0 Å². The molecule has 1 amide bonds. The van der Waals surface area contributed by atoms with Crippen molar-refractivity contribution in [2.45, 2.75) is 43.9 Å². The number of rotatable bonds is 4. The van der Waals surface area contributed by atoms with Gasteiger partial charge in [0, 0.05) is 28.5 Å². The summed E-state index contributed by atoms with van der Waals surface area (Å²) in [6, 6.07) is 2.62. The van der Waals surface area contributed by atoms with Gasteiger partial charge < -0.3 is 4.90 Å². The van der Waals surface area contributed by atoms with Crippen LogP contribution in [0.4, 0.5) is 0 Å². The lowest BCUT2D eigenvalue weighted by Crippen LogP contribution is -2.39. The second-order valence-electron chi connectivity index (χ2n) is 5.49. The topological polar surface area (TPSA) is 20.3 Å². The average molecular weight is 374 g/mol. The number of fused-ring (bicyclic) bond motifs is 1. The largest absolute Gasteiger partial charge is 0.334 e. The average Bonchev–Trinajstić information content (AvgIpc) is 3.12. The first kappa shape index (κ1) is 14.9. The molecule has 0 bridgehead atoms. The number of amides is 1. The van der Waals surface area contributed by atoms with Crippen LogP contribution in [-0.4, -0.2) is 34.5 Å². The zero-order valence-electron chi connectivity index (χ0n) is 11.6. The van der Waals surface area contributed by atoms with Crippen LogP contribution in [0.15, 0.2) is 6.07 Å². The molecule has 20 heavy (non-hydrogen) atoms. The second kappa shape index (κ2) is 6.84. The summed E-state index contributed by atoms with van der Waals surface area (Å²) < 4.78 is 0. The third kappa shape index (κ3) is 3.09. The van der Waals surface area contributed by atoms with E-state index in [1.54, 1.807) is 11.3 Å². The van der Waals surface area contributed by atoms with Crippen molar-refractivity contribution in [2.75, 3.05) is 17.6 Å². The maximum Gasteiger partial charge on any atom is 0.264 e. The van der Waals surface area contributed by atoms with Crippen molar-refractivity contribution in [1.29, 1.82) is 0 Å². The predicted molar refractivity (Wildman–Crippen MR) is 91.3 cm³/mol. The first-order valence-electron chi connectivity index (χ1n) is 7.36. The molecule has 0 unspecified atom stereocenters. The van der Waals surface area contributed by atoms with Gasteiger partial charge in [0.15, 0.2) is 0 Å². The zero-order valence-corrected chi connectivity index (χ0v) is 14.8. The summed E-state index contributed by atoms with van der Waals surface area (Å²) in [5, 5.41) is 0.871. The van der Waals surface area contributed by atoms with E-state index in [0.717, 1.165) is 28.9 Å². The monoisotopic (exact) mass is 373 g/mol. The third-order valence-corrected chi connectivity index (χ3v) is 6.78. The second-order valence-corrected chi connectivity index (χ2v) is 8.52. The highest BCUT2D eigenvalue weighted by atomic mass is 79.9. The van der Waals surface area contributed by atoms with Gasteiger partial charge in [0.05, 0.1) is 4.88 Å². The van der Waals surface area contributed by atoms with E-state index in [0.29, 0.717) is 6.04 Å². The summed E-state index contributed by atoms with van der Waals surface area (Å²) in [5.41, 5.74) is 1.40. The fourth-order valence-electron chi connectivity index (χ4n) is 3.15. The number of carbonyl (C=O) groups excluding carboxylic acids is 1. The van der Waals surface area contributed by atoms with Gasteiger partial charge in [0.25, 0.3) is 5.91 Å². The van der Waals surface area contributed by atoms with Crippen LogP contribution >= 0.6 is 39.0 Å². The first-order valence-corrected chi connectivity index (χ1v) is 10.4. The van der Waals surface area contributed by atoms with Crippen molar-refractivity contribution in [3.05, 3.63) is 21.4 Å². The van der Waals surface area contributed by atoms with Crippen LogP contribution in [0.5, 0.6) is 0 Å². The molecule has 2 nitrogen and oxygen atoms in total. The van der Waals surface area contributed by atoms with Crippen LogP contribution in [0.25, 0.3) is 0 Å². The molecule has 0 saturated heterocycles. The van der Waals surface area contributed by atoms with Crippen molar-refractivity contribution in [3.8, 4) is 0 Å². The Morgan fingerprint density at radius 2 is 2.20 bits per heavy atom. The summed E-state index contributed by atoms with van der Waals surface area (Å²) in [7, 11) is 0. The van der Waals surface area contributed by atoms with E-state index in [2.05, 4.69) is 26.9 Å². The summed E-state index contributed by atoms with van der Waals surface area (Å²) in [5.74, 6) is 2.55. The third-order valence-electron chi connectivity index (χ3n) is 4.19. The number of carbonyl (C=O) groups is 1. The van der Waals surface area contributed by atoms with Gasteiger partial charge in [-0.3, -0.25) is 4.79 Å². The quantitative estimate of drug-likeness (QED) is 0.732. The van der Waals surface area contributed by atoms with E-state index in [1.165, 1.54) is 41.9 Å². The molecule has 2 heterocycles. The molecule has 2 aliphatic rings. The molecule has 1 aromatic rings. The fourth-order valence-corrected chi connectivity index (χ4v) is 5.86. The summed E-state index contributed by atoms with van der Waals surface area (Å²) >= 11 is 7.22. The molecule has 0 spiro atoms. The predicted octanol–water partition coefficient (Wildman–Crippen LogP) is 4.32. The Kier molecular flexibility index (Phi) is 5.10. The van der Waals surface area contributed by atoms with Crippen molar-refractivity contribution >= 4 is 44.9 Å². The lowest BCUT2D eigenvalue weighted by molar-refractivity contribution is 0.0701. The number of halogens is 1. The van der Waals surface area contributed by atoms with Gasteiger partial charge >= 0.3 is 0 Å².